The van der Waals surface area contributed by atoms with Gasteiger partial charge in [-0.3, -0.25) is 4.79 Å². The summed E-state index contributed by atoms with van der Waals surface area (Å²) >= 11 is 0. The van der Waals surface area contributed by atoms with Crippen LogP contribution in [-0.2, 0) is 4.79 Å². The molecule has 1 fully saturated rings. The third-order valence-electron chi connectivity index (χ3n) is 2.07. The number of aliphatic carboxylic acids is 1. The summed E-state index contributed by atoms with van der Waals surface area (Å²) in [5.41, 5.74) is 5.37. The van der Waals surface area contributed by atoms with Crippen molar-refractivity contribution in [3.05, 3.63) is 0 Å². The first-order valence-electron chi connectivity index (χ1n) is 3.89. The van der Waals surface area contributed by atoms with Gasteiger partial charge in [0.1, 0.15) is 6.04 Å². The number of rotatable bonds is 3. The molecule has 1 aliphatic heterocycles. The topological polar surface area (TPSA) is 75.3 Å². The van der Waals surface area contributed by atoms with Crippen molar-refractivity contribution < 1.29 is 9.90 Å². The van der Waals surface area contributed by atoms with Crippen LogP contribution in [0.4, 0.5) is 0 Å². The van der Waals surface area contributed by atoms with Gasteiger partial charge in [-0.05, 0) is 31.8 Å². The molecule has 0 radical (unpaired) electrons. The molecule has 1 saturated heterocycles. The van der Waals surface area contributed by atoms with Crippen LogP contribution >= 0.6 is 0 Å². The molecule has 0 aliphatic carbocycles. The minimum Gasteiger partial charge on any atom is -0.480 e. The summed E-state index contributed by atoms with van der Waals surface area (Å²) in [6.45, 7) is 1.91. The van der Waals surface area contributed by atoms with E-state index in [9.17, 15) is 4.79 Å². The third-order valence-corrected chi connectivity index (χ3v) is 2.07. The molecule has 2 atom stereocenters. The van der Waals surface area contributed by atoms with Crippen molar-refractivity contribution in [2.75, 3.05) is 13.1 Å². The maximum atomic E-state index is 10.3. The molecule has 1 aliphatic rings. The Kier molecular flexibility index (Phi) is 2.84. The van der Waals surface area contributed by atoms with Crippen molar-refractivity contribution in [3.8, 4) is 0 Å². The Hall–Kier alpha value is -0.610. The molecule has 0 aromatic heterocycles. The summed E-state index contributed by atoms with van der Waals surface area (Å²) in [7, 11) is 0. The standard InChI is InChI=1S/C7H14N2O2/c8-6(7(10)11)3-5-1-2-9-4-5/h5-6,9H,1-4,8H2,(H,10,11)/t5-,6+/m0/s1. The van der Waals surface area contributed by atoms with Gasteiger partial charge in [-0.1, -0.05) is 0 Å². The number of carboxylic acids is 1. The number of carbonyl (C=O) groups is 1. The van der Waals surface area contributed by atoms with Crippen LogP contribution in [0.5, 0.6) is 0 Å². The zero-order chi connectivity index (χ0) is 8.27. The summed E-state index contributed by atoms with van der Waals surface area (Å²) < 4.78 is 0. The lowest BCUT2D eigenvalue weighted by Gasteiger charge is -2.10. The minimum atomic E-state index is -0.892. The predicted octanol–water partition coefficient (Wildman–Crippen LogP) is -0.602. The van der Waals surface area contributed by atoms with Gasteiger partial charge in [0, 0.05) is 0 Å². The Morgan fingerprint density at radius 1 is 1.82 bits per heavy atom. The first-order chi connectivity index (χ1) is 5.20. The SMILES string of the molecule is N[C@H](C[C@@H]1CCNC1)C(=O)O. The molecule has 0 aromatic rings. The first-order valence-corrected chi connectivity index (χ1v) is 3.89. The lowest BCUT2D eigenvalue weighted by Crippen LogP contribution is -2.32. The zero-order valence-corrected chi connectivity index (χ0v) is 6.42. The lowest BCUT2D eigenvalue weighted by molar-refractivity contribution is -0.138. The third kappa shape index (κ3) is 2.48. The van der Waals surface area contributed by atoms with Gasteiger partial charge in [-0.25, -0.2) is 0 Å². The number of hydrogen-bond donors (Lipinski definition) is 3. The van der Waals surface area contributed by atoms with Crippen LogP contribution in [0.3, 0.4) is 0 Å². The average molecular weight is 158 g/mol. The molecule has 0 bridgehead atoms. The quantitative estimate of drug-likeness (QED) is 0.512. The highest BCUT2D eigenvalue weighted by molar-refractivity contribution is 5.73. The fraction of sp³-hybridized carbons (Fsp3) is 0.857. The Balaban J connectivity index is 2.23. The summed E-state index contributed by atoms with van der Waals surface area (Å²) in [5, 5.41) is 11.7. The van der Waals surface area contributed by atoms with Crippen molar-refractivity contribution in [2.45, 2.75) is 18.9 Å². The molecule has 0 spiro atoms. The van der Waals surface area contributed by atoms with Gasteiger partial charge in [0.25, 0.3) is 0 Å². The molecule has 1 heterocycles. The van der Waals surface area contributed by atoms with E-state index >= 15 is 0 Å². The summed E-state index contributed by atoms with van der Waals surface area (Å²) in [6, 6.07) is -0.681. The second kappa shape index (κ2) is 3.69. The molecule has 64 valence electrons. The van der Waals surface area contributed by atoms with Crippen LogP contribution in [0.15, 0.2) is 0 Å². The van der Waals surface area contributed by atoms with E-state index < -0.39 is 12.0 Å². The molecule has 1 rings (SSSR count). The maximum Gasteiger partial charge on any atom is 0.320 e. The van der Waals surface area contributed by atoms with Gasteiger partial charge >= 0.3 is 5.97 Å². The van der Waals surface area contributed by atoms with Gasteiger partial charge in [-0.2, -0.15) is 0 Å². The smallest absolute Gasteiger partial charge is 0.320 e. The van der Waals surface area contributed by atoms with E-state index in [1.165, 1.54) is 0 Å². The maximum absolute atomic E-state index is 10.3. The summed E-state index contributed by atoms with van der Waals surface area (Å²) in [4.78, 5) is 10.3. The highest BCUT2D eigenvalue weighted by atomic mass is 16.4. The van der Waals surface area contributed by atoms with Crippen molar-refractivity contribution in [1.82, 2.24) is 5.32 Å². The predicted molar refractivity (Wildman–Crippen MR) is 41.2 cm³/mol. The molecule has 4 heteroatoms. The Morgan fingerprint density at radius 3 is 3.00 bits per heavy atom. The number of hydrogen-bond acceptors (Lipinski definition) is 3. The highest BCUT2D eigenvalue weighted by Gasteiger charge is 2.21. The molecule has 0 amide bonds. The second-order valence-electron chi connectivity index (χ2n) is 3.04. The average Bonchev–Trinajstić information content (AvgIpc) is 2.39. The van der Waals surface area contributed by atoms with Crippen molar-refractivity contribution in [3.63, 3.8) is 0 Å². The normalized spacial score (nSPS) is 26.8. The molecule has 0 unspecified atom stereocenters. The van der Waals surface area contributed by atoms with Crippen LogP contribution in [0.25, 0.3) is 0 Å². The number of carboxylic acid groups (broad SMARTS) is 1. The van der Waals surface area contributed by atoms with Crippen molar-refractivity contribution in [2.24, 2.45) is 11.7 Å². The second-order valence-corrected chi connectivity index (χ2v) is 3.04. The Bertz CT molecular complexity index is 143. The van der Waals surface area contributed by atoms with Gasteiger partial charge in [0.15, 0.2) is 0 Å². The van der Waals surface area contributed by atoms with E-state index in [-0.39, 0.29) is 0 Å². The van der Waals surface area contributed by atoms with E-state index in [1.807, 2.05) is 0 Å². The van der Waals surface area contributed by atoms with E-state index in [0.29, 0.717) is 12.3 Å². The number of nitrogens with one attached hydrogen (secondary N) is 1. The van der Waals surface area contributed by atoms with Gasteiger partial charge < -0.3 is 16.2 Å². The molecule has 0 aromatic carbocycles. The lowest BCUT2D eigenvalue weighted by atomic mass is 10.00. The van der Waals surface area contributed by atoms with Crippen LogP contribution in [0, 0.1) is 5.92 Å². The van der Waals surface area contributed by atoms with E-state index in [2.05, 4.69) is 5.32 Å². The summed E-state index contributed by atoms with van der Waals surface area (Å²) in [6.07, 6.45) is 1.66. The molecule has 0 saturated carbocycles. The van der Waals surface area contributed by atoms with Crippen LogP contribution in [-0.4, -0.2) is 30.2 Å². The fourth-order valence-electron chi connectivity index (χ4n) is 1.38. The number of nitrogens with two attached hydrogens (primary N) is 1. The van der Waals surface area contributed by atoms with Crippen molar-refractivity contribution >= 4 is 5.97 Å². The molecular formula is C7H14N2O2. The van der Waals surface area contributed by atoms with Gasteiger partial charge in [0.05, 0.1) is 0 Å². The molecule has 4 nitrogen and oxygen atoms in total. The van der Waals surface area contributed by atoms with E-state index in [0.717, 1.165) is 19.5 Å². The van der Waals surface area contributed by atoms with Crippen LogP contribution in [0.2, 0.25) is 0 Å². The summed E-state index contributed by atoms with van der Waals surface area (Å²) in [5.74, 6) is -0.432. The highest BCUT2D eigenvalue weighted by Crippen LogP contribution is 2.13. The largest absolute Gasteiger partial charge is 0.480 e. The molecule has 11 heavy (non-hydrogen) atoms. The minimum absolute atomic E-state index is 0.459. The van der Waals surface area contributed by atoms with E-state index in [4.69, 9.17) is 10.8 Å². The Labute approximate surface area is 65.8 Å². The van der Waals surface area contributed by atoms with E-state index in [1.54, 1.807) is 0 Å². The fourth-order valence-corrected chi connectivity index (χ4v) is 1.38. The van der Waals surface area contributed by atoms with Crippen LogP contribution in [0.1, 0.15) is 12.8 Å². The Morgan fingerprint density at radius 2 is 2.55 bits per heavy atom. The van der Waals surface area contributed by atoms with Gasteiger partial charge in [-0.15, -0.1) is 0 Å². The van der Waals surface area contributed by atoms with Gasteiger partial charge in [0.2, 0.25) is 0 Å². The molecule has 4 N–H and O–H groups in total. The van der Waals surface area contributed by atoms with Crippen LogP contribution < -0.4 is 11.1 Å². The first kappa shape index (κ1) is 8.49. The zero-order valence-electron chi connectivity index (χ0n) is 6.42. The van der Waals surface area contributed by atoms with Crippen molar-refractivity contribution in [1.29, 1.82) is 0 Å². The monoisotopic (exact) mass is 158 g/mol. The molecular weight excluding hydrogens is 144 g/mol.